The van der Waals surface area contributed by atoms with Crippen molar-refractivity contribution in [3.63, 3.8) is 0 Å². The molecule has 16 heavy (non-hydrogen) atoms. The highest BCUT2D eigenvalue weighted by Gasteiger charge is 1.95. The van der Waals surface area contributed by atoms with Gasteiger partial charge in [0.25, 0.3) is 0 Å². The Kier molecular flexibility index (Phi) is 3.01. The maximum absolute atomic E-state index is 9.39. The molecule has 0 amide bonds. The molecule has 1 heterocycles. The third-order valence-corrected chi connectivity index (χ3v) is 2.36. The minimum absolute atomic E-state index is 0.329. The van der Waals surface area contributed by atoms with Crippen LogP contribution in [-0.4, -0.2) is 10.1 Å². The van der Waals surface area contributed by atoms with Gasteiger partial charge in [-0.1, -0.05) is 18.2 Å². The molecule has 0 unspecified atom stereocenters. The Morgan fingerprint density at radius 3 is 2.69 bits per heavy atom. The first-order valence-electron chi connectivity index (χ1n) is 5.14. The minimum atomic E-state index is 0.329. The third-order valence-electron chi connectivity index (χ3n) is 2.36. The Morgan fingerprint density at radius 1 is 1.12 bits per heavy atom. The summed E-state index contributed by atoms with van der Waals surface area (Å²) >= 11 is 0. The van der Waals surface area contributed by atoms with Gasteiger partial charge in [-0.05, 0) is 48.4 Å². The molecule has 0 spiro atoms. The topological polar surface area (TPSA) is 33.1 Å². The van der Waals surface area contributed by atoms with Crippen molar-refractivity contribution in [2.75, 3.05) is 0 Å². The van der Waals surface area contributed by atoms with E-state index in [1.54, 1.807) is 12.3 Å². The van der Waals surface area contributed by atoms with Gasteiger partial charge in [-0.25, -0.2) is 0 Å². The normalized spacial score (nSPS) is 10.8. The van der Waals surface area contributed by atoms with Crippen molar-refractivity contribution in [1.29, 1.82) is 0 Å². The van der Waals surface area contributed by atoms with E-state index in [0.29, 0.717) is 5.75 Å². The number of nitrogens with zero attached hydrogens (tertiary/aromatic N) is 1. The summed E-state index contributed by atoms with van der Waals surface area (Å²) in [5.74, 6) is 0.329. The predicted octanol–water partition coefficient (Wildman–Crippen LogP) is 3.27. The van der Waals surface area contributed by atoms with E-state index in [4.69, 9.17) is 0 Å². The molecule has 1 N–H and O–H groups in total. The number of pyridine rings is 1. The molecule has 0 radical (unpaired) electrons. The molecule has 2 nitrogen and oxygen atoms in total. The van der Waals surface area contributed by atoms with Gasteiger partial charge in [-0.15, -0.1) is 0 Å². The van der Waals surface area contributed by atoms with Crippen molar-refractivity contribution < 1.29 is 5.11 Å². The van der Waals surface area contributed by atoms with E-state index in [-0.39, 0.29) is 0 Å². The van der Waals surface area contributed by atoms with Crippen LogP contribution in [0.2, 0.25) is 0 Å². The first-order chi connectivity index (χ1) is 7.75. The molecule has 0 atom stereocenters. The highest BCUT2D eigenvalue weighted by molar-refractivity contribution is 5.68. The van der Waals surface area contributed by atoms with Gasteiger partial charge in [0, 0.05) is 6.20 Å². The number of hydrogen-bond acceptors (Lipinski definition) is 2. The maximum atomic E-state index is 9.39. The second kappa shape index (κ2) is 4.62. The summed E-state index contributed by atoms with van der Waals surface area (Å²) in [4.78, 5) is 4.20. The van der Waals surface area contributed by atoms with Crippen LogP contribution < -0.4 is 0 Å². The van der Waals surface area contributed by atoms with Crippen LogP contribution in [0, 0.1) is 6.92 Å². The fourth-order valence-corrected chi connectivity index (χ4v) is 1.44. The average Bonchev–Trinajstić information content (AvgIpc) is 2.32. The largest absolute Gasteiger partial charge is 0.508 e. The first-order valence-corrected chi connectivity index (χ1v) is 5.14. The number of phenols is 1. The molecule has 2 heteroatoms. The van der Waals surface area contributed by atoms with Crippen molar-refractivity contribution in [3.8, 4) is 5.75 Å². The second-order valence-corrected chi connectivity index (χ2v) is 3.63. The molecular weight excluding hydrogens is 198 g/mol. The monoisotopic (exact) mass is 211 g/mol. The molecule has 0 fully saturated rings. The van der Waals surface area contributed by atoms with Crippen molar-refractivity contribution >= 4 is 12.2 Å². The van der Waals surface area contributed by atoms with Crippen LogP contribution >= 0.6 is 0 Å². The van der Waals surface area contributed by atoms with Gasteiger partial charge < -0.3 is 5.11 Å². The minimum Gasteiger partial charge on any atom is -0.508 e. The number of hydrogen-bond donors (Lipinski definition) is 1. The zero-order chi connectivity index (χ0) is 11.4. The molecule has 0 aliphatic heterocycles. The Morgan fingerprint density at radius 2 is 2.00 bits per heavy atom. The number of rotatable bonds is 2. The van der Waals surface area contributed by atoms with E-state index in [9.17, 15) is 5.11 Å². The Hall–Kier alpha value is -2.09. The van der Waals surface area contributed by atoms with E-state index in [1.807, 2.05) is 49.4 Å². The highest BCUT2D eigenvalue weighted by atomic mass is 16.3. The highest BCUT2D eigenvalue weighted by Crippen LogP contribution is 2.18. The molecule has 1 aromatic carbocycles. The quantitative estimate of drug-likeness (QED) is 0.827. The lowest BCUT2D eigenvalue weighted by Crippen LogP contribution is -1.79. The lowest BCUT2D eigenvalue weighted by molar-refractivity contribution is 0.471. The zero-order valence-electron chi connectivity index (χ0n) is 9.09. The molecule has 0 aliphatic carbocycles. The summed E-state index contributed by atoms with van der Waals surface area (Å²) in [5.41, 5.74) is 2.86. The number of aryl methyl sites for hydroxylation is 1. The van der Waals surface area contributed by atoms with Crippen LogP contribution in [-0.2, 0) is 0 Å². The fraction of sp³-hybridized carbons (Fsp3) is 0.0714. The Bertz CT molecular complexity index is 503. The van der Waals surface area contributed by atoms with Gasteiger partial charge in [0.05, 0.1) is 5.69 Å². The summed E-state index contributed by atoms with van der Waals surface area (Å²) in [6.07, 6.45) is 5.70. The summed E-state index contributed by atoms with van der Waals surface area (Å²) in [7, 11) is 0. The summed E-state index contributed by atoms with van der Waals surface area (Å²) in [6, 6.07) is 11.3. The average molecular weight is 211 g/mol. The van der Waals surface area contributed by atoms with E-state index >= 15 is 0 Å². The van der Waals surface area contributed by atoms with Gasteiger partial charge in [0.1, 0.15) is 5.75 Å². The van der Waals surface area contributed by atoms with Gasteiger partial charge >= 0.3 is 0 Å². The van der Waals surface area contributed by atoms with Crippen LogP contribution in [0.4, 0.5) is 0 Å². The molecule has 0 saturated carbocycles. The van der Waals surface area contributed by atoms with E-state index in [2.05, 4.69) is 4.98 Å². The standard InChI is InChI=1S/C14H13NO/c1-11-10-12(6-8-14(11)16)5-7-13-4-2-3-9-15-13/h2-10,16H,1H3/b7-5+. The zero-order valence-corrected chi connectivity index (χ0v) is 9.09. The van der Waals surface area contributed by atoms with Crippen molar-refractivity contribution in [2.24, 2.45) is 0 Å². The number of aromatic nitrogens is 1. The lowest BCUT2D eigenvalue weighted by atomic mass is 10.1. The van der Waals surface area contributed by atoms with Gasteiger partial charge in [0.2, 0.25) is 0 Å². The van der Waals surface area contributed by atoms with Gasteiger partial charge in [0.15, 0.2) is 0 Å². The molecule has 2 aromatic rings. The maximum Gasteiger partial charge on any atom is 0.118 e. The number of benzene rings is 1. The molecule has 1 aromatic heterocycles. The van der Waals surface area contributed by atoms with Crippen molar-refractivity contribution in [2.45, 2.75) is 6.92 Å². The Labute approximate surface area is 94.9 Å². The van der Waals surface area contributed by atoms with Crippen molar-refractivity contribution in [1.82, 2.24) is 4.98 Å². The first kappa shape index (κ1) is 10.4. The molecule has 2 rings (SSSR count). The van der Waals surface area contributed by atoms with Gasteiger partial charge in [-0.2, -0.15) is 0 Å². The summed E-state index contributed by atoms with van der Waals surface area (Å²) < 4.78 is 0. The SMILES string of the molecule is Cc1cc(/C=C/c2ccccn2)ccc1O. The predicted molar refractivity (Wildman–Crippen MR) is 66.0 cm³/mol. The van der Waals surface area contributed by atoms with E-state index in [0.717, 1.165) is 16.8 Å². The van der Waals surface area contributed by atoms with Crippen LogP contribution in [0.1, 0.15) is 16.8 Å². The molecule has 0 bridgehead atoms. The third kappa shape index (κ3) is 2.48. The van der Waals surface area contributed by atoms with E-state index in [1.165, 1.54) is 0 Å². The van der Waals surface area contributed by atoms with Crippen LogP contribution in [0.3, 0.4) is 0 Å². The van der Waals surface area contributed by atoms with Gasteiger partial charge in [-0.3, -0.25) is 4.98 Å². The Balaban J connectivity index is 2.21. The smallest absolute Gasteiger partial charge is 0.118 e. The van der Waals surface area contributed by atoms with Crippen LogP contribution in [0.25, 0.3) is 12.2 Å². The molecule has 0 saturated heterocycles. The second-order valence-electron chi connectivity index (χ2n) is 3.63. The lowest BCUT2D eigenvalue weighted by Gasteiger charge is -1.99. The van der Waals surface area contributed by atoms with Crippen molar-refractivity contribution in [3.05, 3.63) is 59.4 Å². The molecule has 0 aliphatic rings. The number of aromatic hydroxyl groups is 1. The molecule has 80 valence electrons. The molecular formula is C14H13NO. The number of phenolic OH excluding ortho intramolecular Hbond substituents is 1. The fourth-order valence-electron chi connectivity index (χ4n) is 1.44. The summed E-state index contributed by atoms with van der Waals surface area (Å²) in [5, 5.41) is 9.39. The summed E-state index contributed by atoms with van der Waals surface area (Å²) in [6.45, 7) is 1.88. The van der Waals surface area contributed by atoms with Crippen LogP contribution in [0.15, 0.2) is 42.6 Å². The van der Waals surface area contributed by atoms with Crippen LogP contribution in [0.5, 0.6) is 5.75 Å². The van der Waals surface area contributed by atoms with E-state index < -0.39 is 0 Å².